The molecule has 2 rings (SSSR count). The summed E-state index contributed by atoms with van der Waals surface area (Å²) >= 11 is 0. The fourth-order valence-corrected chi connectivity index (χ4v) is 1.83. The van der Waals surface area contributed by atoms with E-state index in [1.807, 2.05) is 6.07 Å². The number of carbonyl (C=O) groups excluding carboxylic acids is 2. The quantitative estimate of drug-likeness (QED) is 0.667. The number of nitrogen functional groups attached to an aromatic ring is 1. The molecule has 2 aromatic rings. The molecule has 0 aliphatic heterocycles. The molecule has 0 heterocycles. The molecule has 0 aliphatic carbocycles. The van der Waals surface area contributed by atoms with E-state index in [1.165, 1.54) is 31.4 Å². The summed E-state index contributed by atoms with van der Waals surface area (Å²) in [7, 11) is 1.27. The zero-order chi connectivity index (χ0) is 16.1. The van der Waals surface area contributed by atoms with E-state index in [2.05, 4.69) is 10.1 Å². The Morgan fingerprint density at radius 3 is 2.64 bits per heavy atom. The van der Waals surface area contributed by atoms with E-state index in [-0.39, 0.29) is 5.56 Å². The Bertz CT molecular complexity index is 778. The van der Waals surface area contributed by atoms with Crippen LogP contribution in [0.15, 0.2) is 42.5 Å². The lowest BCUT2D eigenvalue weighted by Crippen LogP contribution is -2.14. The molecule has 0 fully saturated rings. The molecular formula is C16H13N3O3. The third-order valence-corrected chi connectivity index (χ3v) is 2.98. The molecule has 0 saturated heterocycles. The zero-order valence-corrected chi connectivity index (χ0v) is 11.8. The van der Waals surface area contributed by atoms with E-state index in [1.54, 1.807) is 18.2 Å². The largest absolute Gasteiger partial charge is 0.465 e. The van der Waals surface area contributed by atoms with Crippen LogP contribution in [0, 0.1) is 11.3 Å². The topological polar surface area (TPSA) is 105 Å². The van der Waals surface area contributed by atoms with Crippen LogP contribution in [-0.4, -0.2) is 19.0 Å². The van der Waals surface area contributed by atoms with Crippen molar-refractivity contribution in [3.8, 4) is 6.07 Å². The van der Waals surface area contributed by atoms with E-state index in [0.29, 0.717) is 22.5 Å². The lowest BCUT2D eigenvalue weighted by molar-refractivity contribution is 0.0600. The maximum atomic E-state index is 12.2. The molecule has 0 saturated carbocycles. The SMILES string of the molecule is COC(=O)c1ccc(N)c(NC(=O)c2cccc(C#N)c2)c1. The van der Waals surface area contributed by atoms with Crippen molar-refractivity contribution in [3.63, 3.8) is 0 Å². The number of esters is 1. The van der Waals surface area contributed by atoms with E-state index in [0.717, 1.165) is 0 Å². The Labute approximate surface area is 127 Å². The van der Waals surface area contributed by atoms with E-state index in [4.69, 9.17) is 11.0 Å². The Hall–Kier alpha value is -3.33. The average Bonchev–Trinajstić information content (AvgIpc) is 2.56. The molecule has 2 aromatic carbocycles. The number of nitrogens with two attached hydrogens (primary N) is 1. The van der Waals surface area contributed by atoms with E-state index in [9.17, 15) is 9.59 Å². The van der Waals surface area contributed by atoms with Crippen LogP contribution < -0.4 is 11.1 Å². The highest BCUT2D eigenvalue weighted by atomic mass is 16.5. The van der Waals surface area contributed by atoms with Crippen LogP contribution >= 0.6 is 0 Å². The third kappa shape index (κ3) is 3.22. The van der Waals surface area contributed by atoms with Gasteiger partial charge < -0.3 is 15.8 Å². The molecule has 0 bridgehead atoms. The molecule has 22 heavy (non-hydrogen) atoms. The number of carbonyl (C=O) groups is 2. The maximum absolute atomic E-state index is 12.2. The number of hydrogen-bond acceptors (Lipinski definition) is 5. The van der Waals surface area contributed by atoms with Crippen molar-refractivity contribution in [3.05, 3.63) is 59.2 Å². The first-order chi connectivity index (χ1) is 10.5. The summed E-state index contributed by atoms with van der Waals surface area (Å²) in [6.45, 7) is 0. The minimum atomic E-state index is -0.526. The second-order valence-electron chi connectivity index (χ2n) is 4.44. The summed E-state index contributed by atoms with van der Waals surface area (Å²) in [5, 5.41) is 11.5. The molecule has 0 aliphatic rings. The number of nitriles is 1. The van der Waals surface area contributed by atoms with Crippen LogP contribution in [-0.2, 0) is 4.74 Å². The number of benzene rings is 2. The van der Waals surface area contributed by atoms with Crippen LogP contribution in [0.1, 0.15) is 26.3 Å². The number of ether oxygens (including phenoxy) is 1. The van der Waals surface area contributed by atoms with Gasteiger partial charge in [0.05, 0.1) is 35.7 Å². The highest BCUT2D eigenvalue weighted by Gasteiger charge is 2.12. The number of hydrogen-bond donors (Lipinski definition) is 2. The molecule has 6 heteroatoms. The molecule has 6 nitrogen and oxygen atoms in total. The van der Waals surface area contributed by atoms with Crippen molar-refractivity contribution in [2.75, 3.05) is 18.2 Å². The summed E-state index contributed by atoms with van der Waals surface area (Å²) in [5.74, 6) is -0.951. The Morgan fingerprint density at radius 2 is 1.95 bits per heavy atom. The van der Waals surface area contributed by atoms with Gasteiger partial charge in [0.2, 0.25) is 0 Å². The van der Waals surface area contributed by atoms with Crippen LogP contribution in [0.3, 0.4) is 0 Å². The minimum Gasteiger partial charge on any atom is -0.465 e. The highest BCUT2D eigenvalue weighted by molar-refractivity contribution is 6.06. The lowest BCUT2D eigenvalue weighted by atomic mass is 10.1. The predicted molar refractivity (Wildman–Crippen MR) is 81.3 cm³/mol. The minimum absolute atomic E-state index is 0.276. The van der Waals surface area contributed by atoms with Crippen LogP contribution in [0.5, 0.6) is 0 Å². The first-order valence-corrected chi connectivity index (χ1v) is 6.34. The number of nitrogens with zero attached hydrogens (tertiary/aromatic N) is 1. The van der Waals surface area contributed by atoms with Crippen molar-refractivity contribution < 1.29 is 14.3 Å². The number of amides is 1. The number of anilines is 2. The van der Waals surface area contributed by atoms with Crippen molar-refractivity contribution in [2.45, 2.75) is 0 Å². The summed E-state index contributed by atoms with van der Waals surface area (Å²) in [6, 6.07) is 12.7. The smallest absolute Gasteiger partial charge is 0.337 e. The molecule has 0 radical (unpaired) electrons. The summed E-state index contributed by atoms with van der Waals surface area (Å²) in [4.78, 5) is 23.7. The fourth-order valence-electron chi connectivity index (χ4n) is 1.83. The van der Waals surface area contributed by atoms with Gasteiger partial charge in [0, 0.05) is 5.56 Å². The van der Waals surface area contributed by atoms with Gasteiger partial charge in [0.25, 0.3) is 5.91 Å². The van der Waals surface area contributed by atoms with E-state index < -0.39 is 11.9 Å². The lowest BCUT2D eigenvalue weighted by Gasteiger charge is -2.10. The number of nitrogens with one attached hydrogen (secondary N) is 1. The van der Waals surface area contributed by atoms with Gasteiger partial charge in [-0.25, -0.2) is 4.79 Å². The Morgan fingerprint density at radius 1 is 1.18 bits per heavy atom. The summed E-state index contributed by atoms with van der Waals surface area (Å²) in [6.07, 6.45) is 0. The second kappa shape index (κ2) is 6.41. The molecule has 3 N–H and O–H groups in total. The Balaban J connectivity index is 2.28. The normalized spacial score (nSPS) is 9.64. The fraction of sp³-hybridized carbons (Fsp3) is 0.0625. The van der Waals surface area contributed by atoms with Crippen molar-refractivity contribution in [2.24, 2.45) is 0 Å². The maximum Gasteiger partial charge on any atom is 0.337 e. The second-order valence-corrected chi connectivity index (χ2v) is 4.44. The molecule has 110 valence electrons. The van der Waals surface area contributed by atoms with Crippen molar-refractivity contribution >= 4 is 23.3 Å². The van der Waals surface area contributed by atoms with Crippen molar-refractivity contribution in [1.29, 1.82) is 5.26 Å². The first kappa shape index (κ1) is 15.1. The first-order valence-electron chi connectivity index (χ1n) is 6.34. The van der Waals surface area contributed by atoms with Gasteiger partial charge in [-0.3, -0.25) is 4.79 Å². The number of rotatable bonds is 3. The number of methoxy groups -OCH3 is 1. The standard InChI is InChI=1S/C16H13N3O3/c1-22-16(21)12-5-6-13(18)14(8-12)19-15(20)11-4-2-3-10(7-11)9-17/h2-8H,18H2,1H3,(H,19,20). The summed E-state index contributed by atoms with van der Waals surface area (Å²) < 4.78 is 4.62. The average molecular weight is 295 g/mol. The van der Waals surface area contributed by atoms with E-state index >= 15 is 0 Å². The van der Waals surface area contributed by atoms with Crippen LogP contribution in [0.2, 0.25) is 0 Å². The molecule has 0 atom stereocenters. The van der Waals surface area contributed by atoms with Gasteiger partial charge in [-0.2, -0.15) is 5.26 Å². The van der Waals surface area contributed by atoms with Crippen LogP contribution in [0.25, 0.3) is 0 Å². The molecular weight excluding hydrogens is 282 g/mol. The van der Waals surface area contributed by atoms with Gasteiger partial charge in [-0.05, 0) is 36.4 Å². The van der Waals surface area contributed by atoms with Gasteiger partial charge in [-0.15, -0.1) is 0 Å². The molecule has 0 unspecified atom stereocenters. The van der Waals surface area contributed by atoms with Crippen molar-refractivity contribution in [1.82, 2.24) is 0 Å². The van der Waals surface area contributed by atoms with Gasteiger partial charge in [0.15, 0.2) is 0 Å². The highest BCUT2D eigenvalue weighted by Crippen LogP contribution is 2.21. The monoisotopic (exact) mass is 295 g/mol. The molecule has 0 spiro atoms. The zero-order valence-electron chi connectivity index (χ0n) is 11.8. The van der Waals surface area contributed by atoms with Crippen LogP contribution in [0.4, 0.5) is 11.4 Å². The summed E-state index contributed by atoms with van der Waals surface area (Å²) in [5.41, 5.74) is 7.39. The Kier molecular flexibility index (Phi) is 4.39. The molecule has 0 aromatic heterocycles. The van der Waals surface area contributed by atoms with Gasteiger partial charge in [-0.1, -0.05) is 6.07 Å². The third-order valence-electron chi connectivity index (χ3n) is 2.98. The predicted octanol–water partition coefficient (Wildman–Crippen LogP) is 2.18. The van der Waals surface area contributed by atoms with Gasteiger partial charge in [0.1, 0.15) is 0 Å². The molecule has 1 amide bonds. The van der Waals surface area contributed by atoms with Gasteiger partial charge >= 0.3 is 5.97 Å².